The Morgan fingerprint density at radius 3 is 2.25 bits per heavy atom. The molecule has 0 aromatic heterocycles. The number of nitrogens with zero attached hydrogens (tertiary/aromatic N) is 1. The highest BCUT2D eigenvalue weighted by Gasteiger charge is 2.28. The van der Waals surface area contributed by atoms with E-state index in [2.05, 4.69) is 0 Å². The SMILES string of the molecule is CCC(C)N(C)S(=O)(=O)c1cc(S(C)(=O)=O)ccc1F. The maximum atomic E-state index is 13.8. The number of hydrogen-bond donors (Lipinski definition) is 0. The number of sulfone groups is 1. The molecule has 0 aliphatic heterocycles. The summed E-state index contributed by atoms with van der Waals surface area (Å²) in [4.78, 5) is -0.849. The molecule has 0 radical (unpaired) electrons. The van der Waals surface area contributed by atoms with Crippen LogP contribution < -0.4 is 0 Å². The summed E-state index contributed by atoms with van der Waals surface area (Å²) in [5.74, 6) is -0.965. The van der Waals surface area contributed by atoms with Gasteiger partial charge in [0, 0.05) is 19.3 Å². The van der Waals surface area contributed by atoms with Crippen LogP contribution in [0.5, 0.6) is 0 Å². The topological polar surface area (TPSA) is 71.5 Å². The van der Waals surface area contributed by atoms with E-state index in [1.165, 1.54) is 7.05 Å². The second-order valence-electron chi connectivity index (χ2n) is 4.64. The lowest BCUT2D eigenvalue weighted by Crippen LogP contribution is -2.35. The first-order chi connectivity index (χ1) is 9.01. The van der Waals surface area contributed by atoms with Crippen molar-refractivity contribution in [1.82, 2.24) is 4.31 Å². The first-order valence-electron chi connectivity index (χ1n) is 5.99. The second kappa shape index (κ2) is 5.79. The number of rotatable bonds is 5. The minimum atomic E-state index is -4.07. The lowest BCUT2D eigenvalue weighted by Gasteiger charge is -2.23. The van der Waals surface area contributed by atoms with Crippen molar-refractivity contribution in [3.05, 3.63) is 24.0 Å². The van der Waals surface area contributed by atoms with Crippen LogP contribution in [0.3, 0.4) is 0 Å². The zero-order valence-corrected chi connectivity index (χ0v) is 13.4. The average molecular weight is 323 g/mol. The van der Waals surface area contributed by atoms with E-state index in [9.17, 15) is 21.2 Å². The molecule has 114 valence electrons. The molecule has 1 unspecified atom stereocenters. The van der Waals surface area contributed by atoms with E-state index in [0.29, 0.717) is 6.42 Å². The second-order valence-corrected chi connectivity index (χ2v) is 8.62. The largest absolute Gasteiger partial charge is 0.246 e. The van der Waals surface area contributed by atoms with Gasteiger partial charge in [-0.3, -0.25) is 0 Å². The summed E-state index contributed by atoms with van der Waals surface area (Å²) in [5.41, 5.74) is 0. The van der Waals surface area contributed by atoms with Gasteiger partial charge in [-0.1, -0.05) is 6.92 Å². The van der Waals surface area contributed by atoms with E-state index < -0.39 is 30.6 Å². The summed E-state index contributed by atoms with van der Waals surface area (Å²) in [6, 6.07) is 2.45. The fourth-order valence-electron chi connectivity index (χ4n) is 1.56. The molecule has 1 aromatic rings. The summed E-state index contributed by atoms with van der Waals surface area (Å²) >= 11 is 0. The Kier molecular flexibility index (Phi) is 4.94. The highest BCUT2D eigenvalue weighted by atomic mass is 32.2. The molecule has 0 aliphatic carbocycles. The van der Waals surface area contributed by atoms with Gasteiger partial charge in [0.15, 0.2) is 9.84 Å². The van der Waals surface area contributed by atoms with Crippen LogP contribution in [0, 0.1) is 5.82 Å². The fourth-order valence-corrected chi connectivity index (χ4v) is 3.81. The summed E-state index contributed by atoms with van der Waals surface area (Å²) in [6.07, 6.45) is 1.50. The van der Waals surface area contributed by atoms with E-state index in [1.54, 1.807) is 13.8 Å². The molecule has 1 atom stereocenters. The number of benzene rings is 1. The summed E-state index contributed by atoms with van der Waals surface area (Å²) in [6.45, 7) is 3.50. The maximum Gasteiger partial charge on any atom is 0.246 e. The number of halogens is 1. The quantitative estimate of drug-likeness (QED) is 0.773. The Bertz CT molecular complexity index is 698. The molecule has 1 aromatic carbocycles. The molecule has 8 heteroatoms. The molecule has 0 saturated carbocycles. The molecule has 0 N–H and O–H groups in total. The molecule has 5 nitrogen and oxygen atoms in total. The van der Waals surface area contributed by atoms with Crippen molar-refractivity contribution in [3.8, 4) is 0 Å². The zero-order valence-electron chi connectivity index (χ0n) is 11.8. The lowest BCUT2D eigenvalue weighted by atomic mass is 10.3. The first kappa shape index (κ1) is 17.1. The van der Waals surface area contributed by atoms with Gasteiger partial charge < -0.3 is 0 Å². The summed E-state index contributed by atoms with van der Waals surface area (Å²) < 4.78 is 62.4. The molecule has 0 amide bonds. The third-order valence-electron chi connectivity index (χ3n) is 3.20. The molecule has 0 spiro atoms. The Labute approximate surface area is 119 Å². The van der Waals surface area contributed by atoms with Gasteiger partial charge in [-0.25, -0.2) is 21.2 Å². The van der Waals surface area contributed by atoms with Crippen molar-refractivity contribution in [2.24, 2.45) is 0 Å². The molecule has 0 fully saturated rings. The van der Waals surface area contributed by atoms with Gasteiger partial charge in [0.25, 0.3) is 0 Å². The Morgan fingerprint density at radius 2 is 1.80 bits per heavy atom. The van der Waals surface area contributed by atoms with Crippen LogP contribution in [-0.2, 0) is 19.9 Å². The number of hydrogen-bond acceptors (Lipinski definition) is 4. The third kappa shape index (κ3) is 3.36. The number of sulfonamides is 1. The van der Waals surface area contributed by atoms with Crippen molar-refractivity contribution in [3.63, 3.8) is 0 Å². The average Bonchev–Trinajstić information content (AvgIpc) is 2.35. The third-order valence-corrected chi connectivity index (χ3v) is 6.30. The molecule has 0 bridgehead atoms. The van der Waals surface area contributed by atoms with Crippen LogP contribution in [0.25, 0.3) is 0 Å². The molecule has 20 heavy (non-hydrogen) atoms. The lowest BCUT2D eigenvalue weighted by molar-refractivity contribution is 0.378. The Morgan fingerprint density at radius 1 is 1.25 bits per heavy atom. The van der Waals surface area contributed by atoms with Gasteiger partial charge in [0.1, 0.15) is 10.7 Å². The fraction of sp³-hybridized carbons (Fsp3) is 0.500. The van der Waals surface area contributed by atoms with Crippen molar-refractivity contribution in [2.45, 2.75) is 36.1 Å². The van der Waals surface area contributed by atoms with Crippen molar-refractivity contribution in [2.75, 3.05) is 13.3 Å². The normalized spacial score (nSPS) is 14.5. The molecule has 0 saturated heterocycles. The highest BCUT2D eigenvalue weighted by Crippen LogP contribution is 2.23. The monoisotopic (exact) mass is 323 g/mol. The van der Waals surface area contributed by atoms with Gasteiger partial charge in [-0.15, -0.1) is 0 Å². The zero-order chi connectivity index (χ0) is 15.7. The van der Waals surface area contributed by atoms with E-state index in [0.717, 1.165) is 28.8 Å². The van der Waals surface area contributed by atoms with Crippen LogP contribution >= 0.6 is 0 Å². The van der Waals surface area contributed by atoms with Crippen molar-refractivity contribution < 1.29 is 21.2 Å². The van der Waals surface area contributed by atoms with E-state index in [1.807, 2.05) is 0 Å². The smallest absolute Gasteiger partial charge is 0.224 e. The Hall–Kier alpha value is -0.990. The van der Waals surface area contributed by atoms with Crippen LogP contribution in [0.2, 0.25) is 0 Å². The van der Waals surface area contributed by atoms with Crippen LogP contribution in [0.4, 0.5) is 4.39 Å². The van der Waals surface area contributed by atoms with Crippen molar-refractivity contribution >= 4 is 19.9 Å². The maximum absolute atomic E-state index is 13.8. The van der Waals surface area contributed by atoms with Gasteiger partial charge in [-0.2, -0.15) is 4.31 Å². The van der Waals surface area contributed by atoms with Gasteiger partial charge in [0.2, 0.25) is 10.0 Å². The summed E-state index contributed by atoms with van der Waals surface area (Å²) in [5, 5.41) is 0. The highest BCUT2D eigenvalue weighted by molar-refractivity contribution is 7.91. The first-order valence-corrected chi connectivity index (χ1v) is 9.32. The van der Waals surface area contributed by atoms with Gasteiger partial charge in [0.05, 0.1) is 4.90 Å². The molecule has 0 heterocycles. The van der Waals surface area contributed by atoms with Crippen molar-refractivity contribution in [1.29, 1.82) is 0 Å². The standard InChI is InChI=1S/C12H18FNO4S2/c1-5-9(2)14(3)20(17,18)12-8-10(19(4,15)16)6-7-11(12)13/h6-9H,5H2,1-4H3. The Balaban J connectivity index is 3.46. The van der Waals surface area contributed by atoms with Crippen LogP contribution in [0.15, 0.2) is 28.0 Å². The molecular weight excluding hydrogens is 305 g/mol. The van der Waals surface area contributed by atoms with E-state index in [-0.39, 0.29) is 10.9 Å². The predicted molar refractivity (Wildman–Crippen MR) is 74.2 cm³/mol. The summed E-state index contributed by atoms with van der Waals surface area (Å²) in [7, 11) is -6.33. The minimum Gasteiger partial charge on any atom is -0.224 e. The van der Waals surface area contributed by atoms with E-state index in [4.69, 9.17) is 0 Å². The van der Waals surface area contributed by atoms with Crippen LogP contribution in [-0.4, -0.2) is 40.5 Å². The van der Waals surface area contributed by atoms with Crippen LogP contribution in [0.1, 0.15) is 20.3 Å². The van der Waals surface area contributed by atoms with E-state index >= 15 is 0 Å². The molecule has 1 rings (SSSR count). The van der Waals surface area contributed by atoms with Gasteiger partial charge in [-0.05, 0) is 31.5 Å². The molecule has 0 aliphatic rings. The predicted octanol–water partition coefficient (Wildman–Crippen LogP) is 1.65. The molecular formula is C12H18FNO4S2. The minimum absolute atomic E-state index is 0.227. The van der Waals surface area contributed by atoms with Gasteiger partial charge >= 0.3 is 0 Å².